The Balaban J connectivity index is 2.04. The van der Waals surface area contributed by atoms with Crippen LogP contribution in [0.3, 0.4) is 0 Å². The first kappa shape index (κ1) is 28.9. The number of nitrogens with zero attached hydrogens (tertiary/aromatic N) is 2. The molecule has 0 saturated carbocycles. The largest absolute Gasteiger partial charge is 0.497 e. The van der Waals surface area contributed by atoms with E-state index in [2.05, 4.69) is 5.32 Å². The number of nitrogens with one attached hydrogen (secondary N) is 1. The van der Waals surface area contributed by atoms with Crippen molar-refractivity contribution in [2.75, 3.05) is 25.0 Å². The molecule has 2 amide bonds. The molecule has 0 unspecified atom stereocenters. The molecule has 0 aliphatic rings. The zero-order valence-electron chi connectivity index (χ0n) is 21.2. The molecule has 3 aromatic carbocycles. The van der Waals surface area contributed by atoms with Crippen LogP contribution >= 0.6 is 11.6 Å². The highest BCUT2D eigenvalue weighted by Crippen LogP contribution is 2.27. The standard InChI is InChI=1S/C27H29ClFN3O5S/c1-4-25(27(34)30-2)31(17-19-5-9-21(29)10-6-19)26(33)18-32(22-11-7-20(28)8-12-22)38(35,36)24-15-13-23(37-3)14-16-24/h5-16,25H,4,17-18H2,1-3H3,(H,30,34)/t25-/m1/s1. The average Bonchev–Trinajstić information content (AvgIpc) is 2.92. The Morgan fingerprint density at radius 3 is 2.13 bits per heavy atom. The number of ether oxygens (including phenoxy) is 1. The molecule has 11 heteroatoms. The van der Waals surface area contributed by atoms with Gasteiger partial charge in [0.15, 0.2) is 0 Å². The van der Waals surface area contributed by atoms with Crippen LogP contribution in [0.1, 0.15) is 18.9 Å². The van der Waals surface area contributed by atoms with Gasteiger partial charge in [-0.25, -0.2) is 12.8 Å². The van der Waals surface area contributed by atoms with Crippen LogP contribution in [0.25, 0.3) is 0 Å². The molecular formula is C27H29ClFN3O5S. The summed E-state index contributed by atoms with van der Waals surface area (Å²) < 4.78 is 47.1. The highest BCUT2D eigenvalue weighted by Gasteiger charge is 2.33. The maximum atomic E-state index is 13.8. The zero-order valence-corrected chi connectivity index (χ0v) is 22.8. The summed E-state index contributed by atoms with van der Waals surface area (Å²) in [6.07, 6.45) is 0.277. The van der Waals surface area contributed by atoms with Gasteiger partial charge < -0.3 is 15.0 Å². The number of benzene rings is 3. The third kappa shape index (κ3) is 6.81. The van der Waals surface area contributed by atoms with Crippen molar-refractivity contribution in [3.63, 3.8) is 0 Å². The van der Waals surface area contributed by atoms with Gasteiger partial charge in [0.2, 0.25) is 11.8 Å². The van der Waals surface area contributed by atoms with Gasteiger partial charge in [-0.1, -0.05) is 30.7 Å². The lowest BCUT2D eigenvalue weighted by Gasteiger charge is -2.33. The van der Waals surface area contributed by atoms with Crippen LogP contribution < -0.4 is 14.4 Å². The van der Waals surface area contributed by atoms with Crippen molar-refractivity contribution in [2.45, 2.75) is 30.8 Å². The fourth-order valence-corrected chi connectivity index (χ4v) is 5.42. The molecule has 0 fully saturated rings. The van der Waals surface area contributed by atoms with Gasteiger partial charge in [-0.15, -0.1) is 0 Å². The van der Waals surface area contributed by atoms with Crippen LogP contribution in [0, 0.1) is 5.82 Å². The SMILES string of the molecule is CC[C@H](C(=O)NC)N(Cc1ccc(F)cc1)C(=O)CN(c1ccc(Cl)cc1)S(=O)(=O)c1ccc(OC)cc1. The van der Waals surface area contributed by atoms with E-state index in [1.807, 2.05) is 0 Å². The van der Waals surface area contributed by atoms with E-state index in [1.54, 1.807) is 6.92 Å². The summed E-state index contributed by atoms with van der Waals surface area (Å²) in [7, 11) is -1.30. The number of methoxy groups -OCH3 is 1. The Morgan fingerprint density at radius 2 is 1.61 bits per heavy atom. The molecule has 0 heterocycles. The minimum absolute atomic E-state index is 0.0257. The predicted molar refractivity (Wildman–Crippen MR) is 144 cm³/mol. The highest BCUT2D eigenvalue weighted by atomic mass is 35.5. The van der Waals surface area contributed by atoms with E-state index in [0.717, 1.165) is 4.31 Å². The lowest BCUT2D eigenvalue weighted by Crippen LogP contribution is -2.51. The fraction of sp³-hybridized carbons (Fsp3) is 0.259. The molecule has 0 saturated heterocycles. The number of amides is 2. The predicted octanol–water partition coefficient (Wildman–Crippen LogP) is 4.24. The number of carbonyl (C=O) groups excluding carboxylic acids is 2. The summed E-state index contributed by atoms with van der Waals surface area (Å²) in [6, 6.07) is 16.5. The average molecular weight is 562 g/mol. The Bertz CT molecular complexity index is 1350. The number of hydrogen-bond acceptors (Lipinski definition) is 5. The summed E-state index contributed by atoms with van der Waals surface area (Å²) in [5.41, 5.74) is 0.798. The third-order valence-electron chi connectivity index (χ3n) is 5.94. The lowest BCUT2D eigenvalue weighted by atomic mass is 10.1. The van der Waals surface area contributed by atoms with E-state index >= 15 is 0 Å². The van der Waals surface area contributed by atoms with Crippen LogP contribution in [0.15, 0.2) is 77.7 Å². The highest BCUT2D eigenvalue weighted by molar-refractivity contribution is 7.92. The summed E-state index contributed by atoms with van der Waals surface area (Å²) in [5, 5.41) is 2.95. The number of halogens is 2. The zero-order chi connectivity index (χ0) is 27.9. The molecule has 1 atom stereocenters. The second-order valence-corrected chi connectivity index (χ2v) is 10.6. The summed E-state index contributed by atoms with van der Waals surface area (Å²) >= 11 is 6.02. The third-order valence-corrected chi connectivity index (χ3v) is 7.98. The van der Waals surface area contributed by atoms with Gasteiger partial charge in [-0.3, -0.25) is 13.9 Å². The topological polar surface area (TPSA) is 96.0 Å². The summed E-state index contributed by atoms with van der Waals surface area (Å²) in [4.78, 5) is 27.7. The molecule has 0 spiro atoms. The Labute approximate surface area is 227 Å². The maximum absolute atomic E-state index is 13.8. The van der Waals surface area contributed by atoms with Crippen LogP contribution in [0.4, 0.5) is 10.1 Å². The van der Waals surface area contributed by atoms with Crippen molar-refractivity contribution >= 4 is 39.1 Å². The first-order chi connectivity index (χ1) is 18.1. The van der Waals surface area contributed by atoms with Gasteiger partial charge >= 0.3 is 0 Å². The molecule has 3 rings (SSSR count). The molecule has 0 bridgehead atoms. The monoisotopic (exact) mass is 561 g/mol. The number of anilines is 1. The van der Waals surface area contributed by atoms with Gasteiger partial charge in [0, 0.05) is 18.6 Å². The molecule has 3 aromatic rings. The number of likely N-dealkylation sites (N-methyl/N-ethyl adjacent to an activating group) is 1. The Hall–Kier alpha value is -3.63. The van der Waals surface area contributed by atoms with Gasteiger partial charge in [0.05, 0.1) is 17.7 Å². The molecule has 0 aliphatic carbocycles. The van der Waals surface area contributed by atoms with Crippen molar-refractivity contribution in [2.24, 2.45) is 0 Å². The molecular weight excluding hydrogens is 533 g/mol. The van der Waals surface area contributed by atoms with E-state index in [0.29, 0.717) is 16.3 Å². The van der Waals surface area contributed by atoms with Gasteiger partial charge in [-0.2, -0.15) is 0 Å². The normalized spacial score (nSPS) is 11.9. The van der Waals surface area contributed by atoms with Crippen LogP contribution in [0.2, 0.25) is 5.02 Å². The lowest BCUT2D eigenvalue weighted by molar-refractivity contribution is -0.140. The first-order valence-electron chi connectivity index (χ1n) is 11.8. The number of carbonyl (C=O) groups is 2. The van der Waals surface area contributed by atoms with Crippen molar-refractivity contribution < 1.29 is 27.1 Å². The summed E-state index contributed by atoms with van der Waals surface area (Å²) in [6.45, 7) is 1.13. The van der Waals surface area contributed by atoms with Crippen LogP contribution in [-0.4, -0.2) is 51.9 Å². The number of rotatable bonds is 11. The van der Waals surface area contributed by atoms with Gasteiger partial charge in [0.25, 0.3) is 10.0 Å². The molecule has 202 valence electrons. The summed E-state index contributed by atoms with van der Waals surface area (Å²) in [5.74, 6) is -0.986. The van der Waals surface area contributed by atoms with E-state index in [9.17, 15) is 22.4 Å². The molecule has 38 heavy (non-hydrogen) atoms. The fourth-order valence-electron chi connectivity index (χ4n) is 3.88. The Kier molecular flexibility index (Phi) is 9.71. The number of sulfonamides is 1. The quantitative estimate of drug-likeness (QED) is 0.378. The van der Waals surface area contributed by atoms with Crippen molar-refractivity contribution in [3.8, 4) is 5.75 Å². The minimum Gasteiger partial charge on any atom is -0.497 e. The van der Waals surface area contributed by atoms with Crippen molar-refractivity contribution in [1.82, 2.24) is 10.2 Å². The Morgan fingerprint density at radius 1 is 1.00 bits per heavy atom. The number of hydrogen-bond donors (Lipinski definition) is 1. The van der Waals surface area contributed by atoms with E-state index < -0.39 is 40.2 Å². The van der Waals surface area contributed by atoms with Gasteiger partial charge in [0.1, 0.15) is 24.2 Å². The first-order valence-corrected chi connectivity index (χ1v) is 13.6. The van der Waals surface area contributed by atoms with E-state index in [4.69, 9.17) is 16.3 Å². The minimum atomic E-state index is -4.22. The van der Waals surface area contributed by atoms with Crippen molar-refractivity contribution in [3.05, 3.63) is 89.2 Å². The van der Waals surface area contributed by atoms with E-state index in [-0.39, 0.29) is 23.5 Å². The van der Waals surface area contributed by atoms with Crippen LogP contribution in [-0.2, 0) is 26.2 Å². The smallest absolute Gasteiger partial charge is 0.264 e. The maximum Gasteiger partial charge on any atom is 0.264 e. The van der Waals surface area contributed by atoms with Crippen molar-refractivity contribution in [1.29, 1.82) is 0 Å². The van der Waals surface area contributed by atoms with Crippen LogP contribution in [0.5, 0.6) is 5.75 Å². The second-order valence-electron chi connectivity index (χ2n) is 8.35. The van der Waals surface area contributed by atoms with E-state index in [1.165, 1.54) is 91.9 Å². The second kappa shape index (κ2) is 12.7. The molecule has 1 N–H and O–H groups in total. The van der Waals surface area contributed by atoms with Gasteiger partial charge in [-0.05, 0) is 72.6 Å². The molecule has 0 radical (unpaired) electrons. The molecule has 0 aliphatic heterocycles. The molecule has 0 aromatic heterocycles. The molecule has 8 nitrogen and oxygen atoms in total.